The van der Waals surface area contributed by atoms with Crippen LogP contribution in [0, 0.1) is 0 Å². The molecule has 0 radical (unpaired) electrons. The summed E-state index contributed by atoms with van der Waals surface area (Å²) in [5, 5.41) is 14.8. The largest absolute Gasteiger partial charge is 0.324 e. The van der Waals surface area contributed by atoms with E-state index < -0.39 is 17.5 Å². The molecule has 22 heavy (non-hydrogen) atoms. The number of carbonyl (C=O) groups is 3. The lowest BCUT2D eigenvalue weighted by Crippen LogP contribution is -2.45. The van der Waals surface area contributed by atoms with Gasteiger partial charge in [0.25, 0.3) is 11.6 Å². The topological polar surface area (TPSA) is 108 Å². The van der Waals surface area contributed by atoms with Crippen LogP contribution in [-0.4, -0.2) is 38.6 Å². The maximum atomic E-state index is 12.0. The van der Waals surface area contributed by atoms with Crippen LogP contribution in [0.2, 0.25) is 0 Å². The molecule has 0 atom stereocenters. The molecule has 1 aliphatic rings. The molecule has 1 N–H and O–H groups in total. The number of aromatic nitrogens is 3. The summed E-state index contributed by atoms with van der Waals surface area (Å²) in [6.07, 6.45) is 0.434. The van der Waals surface area contributed by atoms with Gasteiger partial charge < -0.3 is 0 Å². The van der Waals surface area contributed by atoms with Crippen LogP contribution in [-0.2, 0) is 20.8 Å². The molecule has 110 valence electrons. The first kappa shape index (κ1) is 13.8. The molecule has 3 rings (SSSR count). The van der Waals surface area contributed by atoms with E-state index in [1.54, 1.807) is 0 Å². The Balaban J connectivity index is 1.97. The van der Waals surface area contributed by atoms with E-state index in [9.17, 15) is 14.4 Å². The minimum Gasteiger partial charge on any atom is -0.283 e. The minimum absolute atomic E-state index is 0.0572. The lowest BCUT2D eigenvalue weighted by Gasteiger charge is -2.18. The van der Waals surface area contributed by atoms with Crippen LogP contribution in [0.4, 0.5) is 5.82 Å². The third-order valence-electron chi connectivity index (χ3n) is 3.20. The van der Waals surface area contributed by atoms with Crippen molar-refractivity contribution in [1.82, 2.24) is 15.4 Å². The zero-order chi connectivity index (χ0) is 15.7. The van der Waals surface area contributed by atoms with Crippen molar-refractivity contribution in [2.75, 3.05) is 5.01 Å². The number of amides is 1. The van der Waals surface area contributed by atoms with Crippen molar-refractivity contribution < 1.29 is 14.4 Å². The average molecular weight is 297 g/mol. The number of Topliss-reactive ketones (excluding diaryl/α,β-unsaturated/α-hetero) is 2. The van der Waals surface area contributed by atoms with Crippen molar-refractivity contribution in [3.05, 3.63) is 41.6 Å². The van der Waals surface area contributed by atoms with E-state index in [1.807, 2.05) is 30.3 Å². The maximum Gasteiger partial charge on any atom is 0.324 e. The first-order valence-corrected chi connectivity index (χ1v) is 6.50. The normalized spacial score (nSPS) is 15.2. The number of hydrogen-bond acceptors (Lipinski definition) is 6. The Morgan fingerprint density at radius 2 is 1.82 bits per heavy atom. The molecule has 1 aromatic carbocycles. The van der Waals surface area contributed by atoms with Gasteiger partial charge in [-0.3, -0.25) is 19.5 Å². The van der Waals surface area contributed by atoms with Crippen LogP contribution < -0.4 is 5.01 Å². The number of hydrogen-bond donors (Lipinski definition) is 1. The number of ketones is 2. The molecule has 8 nitrogen and oxygen atoms in total. The second kappa shape index (κ2) is 5.32. The number of aromatic amines is 1. The predicted molar refractivity (Wildman–Crippen MR) is 76.2 cm³/mol. The molecule has 0 fully saturated rings. The van der Waals surface area contributed by atoms with Crippen molar-refractivity contribution in [3.63, 3.8) is 0 Å². The first-order chi connectivity index (χ1) is 10.6. The molecule has 2 aromatic rings. The third kappa shape index (κ3) is 2.30. The van der Waals surface area contributed by atoms with Gasteiger partial charge in [0.1, 0.15) is 5.71 Å². The van der Waals surface area contributed by atoms with Crippen LogP contribution in [0.1, 0.15) is 18.2 Å². The average Bonchev–Trinajstić information content (AvgIpc) is 2.98. The first-order valence-electron chi connectivity index (χ1n) is 6.50. The van der Waals surface area contributed by atoms with E-state index in [0.29, 0.717) is 12.1 Å². The number of benzene rings is 1. The smallest absolute Gasteiger partial charge is 0.283 e. The Labute approximate surface area is 124 Å². The molecule has 0 spiro atoms. The summed E-state index contributed by atoms with van der Waals surface area (Å²) in [5.74, 6) is -2.93. The Morgan fingerprint density at radius 3 is 2.55 bits per heavy atom. The highest BCUT2D eigenvalue weighted by molar-refractivity contribution is 6.81. The molecule has 0 saturated heterocycles. The van der Waals surface area contributed by atoms with Gasteiger partial charge in [0.2, 0.25) is 5.82 Å². The van der Waals surface area contributed by atoms with Gasteiger partial charge in [-0.15, -0.1) is 5.10 Å². The number of nitrogens with one attached hydrogen (secondary N) is 1. The predicted octanol–water partition coefficient (Wildman–Crippen LogP) is 0.256. The summed E-state index contributed by atoms with van der Waals surface area (Å²) in [6.45, 7) is 1.37. The lowest BCUT2D eigenvalue weighted by atomic mass is 10.1. The van der Waals surface area contributed by atoms with E-state index >= 15 is 0 Å². The quantitative estimate of drug-likeness (QED) is 0.817. The second-order valence-corrected chi connectivity index (χ2v) is 4.74. The number of nitrogens with zero attached hydrogens (tertiary/aromatic N) is 4. The Hall–Kier alpha value is -3.16. The Kier molecular flexibility index (Phi) is 3.34. The number of carbonyl (C=O) groups excluding carboxylic acids is 3. The second-order valence-electron chi connectivity index (χ2n) is 4.74. The van der Waals surface area contributed by atoms with Crippen LogP contribution in [0.3, 0.4) is 0 Å². The van der Waals surface area contributed by atoms with Crippen molar-refractivity contribution in [3.8, 4) is 0 Å². The zero-order valence-corrected chi connectivity index (χ0v) is 11.6. The fourth-order valence-electron chi connectivity index (χ4n) is 2.07. The molecule has 1 aromatic heterocycles. The van der Waals surface area contributed by atoms with Gasteiger partial charge in [-0.1, -0.05) is 35.5 Å². The number of H-pyrrole nitrogens is 1. The van der Waals surface area contributed by atoms with E-state index in [-0.39, 0.29) is 11.5 Å². The Morgan fingerprint density at radius 1 is 1.09 bits per heavy atom. The van der Waals surface area contributed by atoms with E-state index in [1.165, 1.54) is 6.92 Å². The molecule has 8 heteroatoms. The van der Waals surface area contributed by atoms with E-state index in [2.05, 4.69) is 20.5 Å². The van der Waals surface area contributed by atoms with Crippen LogP contribution in [0.25, 0.3) is 0 Å². The van der Waals surface area contributed by atoms with E-state index in [0.717, 1.165) is 10.6 Å². The highest BCUT2D eigenvalue weighted by Crippen LogP contribution is 2.21. The van der Waals surface area contributed by atoms with E-state index in [4.69, 9.17) is 0 Å². The fourth-order valence-corrected chi connectivity index (χ4v) is 2.07. The molecule has 1 aliphatic heterocycles. The number of hydrazone groups is 1. The number of rotatable bonds is 3. The molecule has 0 unspecified atom stereocenters. The summed E-state index contributed by atoms with van der Waals surface area (Å²) in [4.78, 5) is 35.0. The molecule has 2 heterocycles. The highest BCUT2D eigenvalue weighted by atomic mass is 16.2. The van der Waals surface area contributed by atoms with Crippen LogP contribution >= 0.6 is 0 Å². The monoisotopic (exact) mass is 297 g/mol. The lowest BCUT2D eigenvalue weighted by molar-refractivity contribution is -0.142. The standard InChI is InChI=1S/C14H11N5O3/c1-8-11(20)12(21)14(22)19(17-8)13-10(15-18-16-13)7-9-5-3-2-4-6-9/h2-6H,7H2,1H3,(H,15,16,18). The van der Waals surface area contributed by atoms with Gasteiger partial charge in [-0.05, 0) is 12.5 Å². The number of anilines is 1. The SMILES string of the molecule is CC1=NN(c2nn[nH]c2Cc2ccccc2)C(=O)C(=O)C1=O. The summed E-state index contributed by atoms with van der Waals surface area (Å²) < 4.78 is 0. The molecule has 0 bridgehead atoms. The highest BCUT2D eigenvalue weighted by Gasteiger charge is 2.37. The summed E-state index contributed by atoms with van der Waals surface area (Å²) >= 11 is 0. The minimum atomic E-state index is -1.12. The van der Waals surface area contributed by atoms with Crippen molar-refractivity contribution in [1.29, 1.82) is 0 Å². The molecular formula is C14H11N5O3. The molecular weight excluding hydrogens is 286 g/mol. The summed E-state index contributed by atoms with van der Waals surface area (Å²) in [7, 11) is 0. The van der Waals surface area contributed by atoms with Gasteiger partial charge in [0.15, 0.2) is 0 Å². The maximum absolute atomic E-state index is 12.0. The van der Waals surface area contributed by atoms with Crippen LogP contribution in [0.5, 0.6) is 0 Å². The van der Waals surface area contributed by atoms with Gasteiger partial charge in [0.05, 0.1) is 5.69 Å². The molecule has 0 saturated carbocycles. The van der Waals surface area contributed by atoms with Gasteiger partial charge in [-0.25, -0.2) is 0 Å². The van der Waals surface area contributed by atoms with Crippen molar-refractivity contribution in [2.24, 2.45) is 5.10 Å². The fraction of sp³-hybridized carbons (Fsp3) is 0.143. The van der Waals surface area contributed by atoms with Crippen molar-refractivity contribution >= 4 is 29.0 Å². The van der Waals surface area contributed by atoms with Gasteiger partial charge in [0, 0.05) is 6.42 Å². The van der Waals surface area contributed by atoms with Gasteiger partial charge >= 0.3 is 5.91 Å². The summed E-state index contributed by atoms with van der Waals surface area (Å²) in [6, 6.07) is 9.48. The molecule has 1 amide bonds. The van der Waals surface area contributed by atoms with Gasteiger partial charge in [-0.2, -0.15) is 10.1 Å². The molecule has 0 aliphatic carbocycles. The van der Waals surface area contributed by atoms with Crippen LogP contribution in [0.15, 0.2) is 35.4 Å². The zero-order valence-electron chi connectivity index (χ0n) is 11.6. The Bertz CT molecular complexity index is 794. The third-order valence-corrected chi connectivity index (χ3v) is 3.20. The summed E-state index contributed by atoms with van der Waals surface area (Å²) in [5.41, 5.74) is 1.44. The van der Waals surface area contributed by atoms with Crippen molar-refractivity contribution in [2.45, 2.75) is 13.3 Å².